The lowest BCUT2D eigenvalue weighted by atomic mass is 9.95. The molecule has 1 aromatic rings. The van der Waals surface area contributed by atoms with E-state index in [0.29, 0.717) is 24.9 Å². The summed E-state index contributed by atoms with van der Waals surface area (Å²) in [5.41, 5.74) is 0.858. The SMILES string of the molecule is CCNC(=NCCCNC(=O)c1occc1C)NC1CCCC(SCC)C1.I. The van der Waals surface area contributed by atoms with Crippen LogP contribution in [-0.2, 0) is 0 Å². The fraction of sp³-hybridized carbons (Fsp3) is 0.700. The molecule has 0 spiro atoms. The van der Waals surface area contributed by atoms with E-state index in [1.807, 2.05) is 6.92 Å². The lowest BCUT2D eigenvalue weighted by molar-refractivity contribution is 0.0925. The number of furan rings is 1. The summed E-state index contributed by atoms with van der Waals surface area (Å²) < 4.78 is 5.20. The molecule has 3 N–H and O–H groups in total. The average molecular weight is 522 g/mol. The first kappa shape index (κ1) is 25.1. The van der Waals surface area contributed by atoms with Gasteiger partial charge in [0.2, 0.25) is 0 Å². The fourth-order valence-electron chi connectivity index (χ4n) is 3.33. The number of nitrogens with one attached hydrogen (secondary N) is 3. The Morgan fingerprint density at radius 2 is 2.14 bits per heavy atom. The second-order valence-corrected chi connectivity index (χ2v) is 8.47. The van der Waals surface area contributed by atoms with Gasteiger partial charge in [0, 0.05) is 36.5 Å². The van der Waals surface area contributed by atoms with Gasteiger partial charge in [0.1, 0.15) is 0 Å². The average Bonchev–Trinajstić information content (AvgIpc) is 3.08. The summed E-state index contributed by atoms with van der Waals surface area (Å²) in [6.07, 6.45) is 7.37. The first-order chi connectivity index (χ1) is 13.1. The number of nitrogens with zero attached hydrogens (tertiary/aromatic N) is 1. The van der Waals surface area contributed by atoms with Crippen LogP contribution in [0.15, 0.2) is 21.7 Å². The molecule has 1 aromatic heterocycles. The van der Waals surface area contributed by atoms with Crippen LogP contribution in [0.25, 0.3) is 0 Å². The van der Waals surface area contributed by atoms with Gasteiger partial charge < -0.3 is 20.4 Å². The lowest BCUT2D eigenvalue weighted by Gasteiger charge is -2.30. The smallest absolute Gasteiger partial charge is 0.287 e. The highest BCUT2D eigenvalue weighted by molar-refractivity contribution is 14.0. The van der Waals surface area contributed by atoms with E-state index in [0.717, 1.165) is 29.7 Å². The van der Waals surface area contributed by atoms with Crippen LogP contribution in [0.1, 0.15) is 62.1 Å². The van der Waals surface area contributed by atoms with Gasteiger partial charge in [0.25, 0.3) is 5.91 Å². The Morgan fingerprint density at radius 1 is 1.32 bits per heavy atom. The van der Waals surface area contributed by atoms with Gasteiger partial charge >= 0.3 is 0 Å². The van der Waals surface area contributed by atoms with E-state index in [9.17, 15) is 4.79 Å². The molecule has 28 heavy (non-hydrogen) atoms. The summed E-state index contributed by atoms with van der Waals surface area (Å²) >= 11 is 2.08. The Kier molecular flexibility index (Phi) is 12.7. The van der Waals surface area contributed by atoms with Gasteiger partial charge in [-0.3, -0.25) is 9.79 Å². The molecule has 8 heteroatoms. The molecule has 1 aliphatic carbocycles. The van der Waals surface area contributed by atoms with Crippen molar-refractivity contribution in [2.45, 2.75) is 64.2 Å². The first-order valence-electron chi connectivity index (χ1n) is 10.1. The Bertz CT molecular complexity index is 607. The zero-order chi connectivity index (χ0) is 19.5. The van der Waals surface area contributed by atoms with Crippen LogP contribution in [-0.4, -0.2) is 48.5 Å². The number of amides is 1. The summed E-state index contributed by atoms with van der Waals surface area (Å²) in [5.74, 6) is 2.31. The third kappa shape index (κ3) is 8.63. The molecule has 0 radical (unpaired) electrons. The maximum absolute atomic E-state index is 12.0. The fourth-order valence-corrected chi connectivity index (χ4v) is 4.51. The van der Waals surface area contributed by atoms with Crippen LogP contribution in [0.5, 0.6) is 0 Å². The van der Waals surface area contributed by atoms with Crippen LogP contribution in [0.2, 0.25) is 0 Å². The highest BCUT2D eigenvalue weighted by Gasteiger charge is 2.22. The quantitative estimate of drug-likeness (QED) is 0.198. The minimum atomic E-state index is -0.159. The third-order valence-electron chi connectivity index (χ3n) is 4.67. The molecule has 0 saturated heterocycles. The summed E-state index contributed by atoms with van der Waals surface area (Å²) in [5, 5.41) is 10.6. The van der Waals surface area contributed by atoms with E-state index in [2.05, 4.69) is 46.6 Å². The lowest BCUT2D eigenvalue weighted by Crippen LogP contribution is -2.45. The molecule has 1 aliphatic rings. The molecule has 6 nitrogen and oxygen atoms in total. The molecular weight excluding hydrogens is 487 g/mol. The Hall–Kier alpha value is -0.900. The Labute approximate surface area is 190 Å². The molecule has 0 bridgehead atoms. The zero-order valence-corrected chi connectivity index (χ0v) is 20.4. The molecule has 2 atom stereocenters. The standard InChI is InChI=1S/C20H34N4O2S.HI/c1-4-21-20(24-16-8-6-9-17(14-16)27-5-2)23-12-7-11-22-19(25)18-15(3)10-13-26-18;/h10,13,16-17H,4-9,11-12,14H2,1-3H3,(H,22,25)(H2,21,23,24);1H. The summed E-state index contributed by atoms with van der Waals surface area (Å²) in [6, 6.07) is 2.30. The number of aliphatic imine (C=N–C) groups is 1. The largest absolute Gasteiger partial charge is 0.459 e. The van der Waals surface area contributed by atoms with Crippen molar-refractivity contribution < 1.29 is 9.21 Å². The van der Waals surface area contributed by atoms with E-state index in [1.54, 1.807) is 6.07 Å². The van der Waals surface area contributed by atoms with Crippen molar-refractivity contribution in [1.82, 2.24) is 16.0 Å². The molecule has 2 rings (SSSR count). The van der Waals surface area contributed by atoms with Crippen LogP contribution < -0.4 is 16.0 Å². The molecule has 1 heterocycles. The molecule has 0 aromatic carbocycles. The number of hydrogen-bond donors (Lipinski definition) is 3. The number of halogens is 1. The second kappa shape index (κ2) is 14.1. The van der Waals surface area contributed by atoms with Crippen LogP contribution in [0.4, 0.5) is 0 Å². The van der Waals surface area contributed by atoms with E-state index in [4.69, 9.17) is 4.42 Å². The van der Waals surface area contributed by atoms with Crippen molar-refractivity contribution in [2.75, 3.05) is 25.4 Å². The third-order valence-corrected chi connectivity index (χ3v) is 5.91. The van der Waals surface area contributed by atoms with Gasteiger partial charge in [0.15, 0.2) is 11.7 Å². The Balaban J connectivity index is 0.00000392. The maximum atomic E-state index is 12.0. The van der Waals surface area contributed by atoms with Crippen molar-refractivity contribution in [3.63, 3.8) is 0 Å². The van der Waals surface area contributed by atoms with Crippen molar-refractivity contribution in [3.05, 3.63) is 23.7 Å². The van der Waals surface area contributed by atoms with Crippen molar-refractivity contribution >= 4 is 47.6 Å². The highest BCUT2D eigenvalue weighted by atomic mass is 127. The predicted molar refractivity (Wildman–Crippen MR) is 129 cm³/mol. The van der Waals surface area contributed by atoms with Crippen LogP contribution >= 0.6 is 35.7 Å². The maximum Gasteiger partial charge on any atom is 0.287 e. The normalized spacial score (nSPS) is 19.6. The van der Waals surface area contributed by atoms with Gasteiger partial charge in [-0.15, -0.1) is 24.0 Å². The number of hydrogen-bond acceptors (Lipinski definition) is 4. The number of aryl methyl sites for hydroxylation is 1. The van der Waals surface area contributed by atoms with Crippen molar-refractivity contribution in [1.29, 1.82) is 0 Å². The molecule has 0 aliphatic heterocycles. The molecule has 1 saturated carbocycles. The number of thioether (sulfide) groups is 1. The van der Waals surface area contributed by atoms with E-state index >= 15 is 0 Å². The summed E-state index contributed by atoms with van der Waals surface area (Å²) in [4.78, 5) is 16.7. The first-order valence-corrected chi connectivity index (χ1v) is 11.2. The summed E-state index contributed by atoms with van der Waals surface area (Å²) in [7, 11) is 0. The minimum Gasteiger partial charge on any atom is -0.459 e. The van der Waals surface area contributed by atoms with Gasteiger partial charge in [-0.25, -0.2) is 0 Å². The summed E-state index contributed by atoms with van der Waals surface area (Å²) in [6.45, 7) is 8.29. The minimum absolute atomic E-state index is 0. The second-order valence-electron chi connectivity index (χ2n) is 6.89. The number of rotatable bonds is 9. The van der Waals surface area contributed by atoms with E-state index in [-0.39, 0.29) is 29.9 Å². The predicted octanol–water partition coefficient (Wildman–Crippen LogP) is 3.95. The van der Waals surface area contributed by atoms with Gasteiger partial charge in [-0.1, -0.05) is 13.3 Å². The zero-order valence-electron chi connectivity index (χ0n) is 17.3. The highest BCUT2D eigenvalue weighted by Crippen LogP contribution is 2.28. The van der Waals surface area contributed by atoms with Crippen LogP contribution in [0, 0.1) is 6.92 Å². The van der Waals surface area contributed by atoms with Gasteiger partial charge in [-0.05, 0) is 51.3 Å². The number of guanidine groups is 1. The molecule has 1 fully saturated rings. The molecule has 160 valence electrons. The van der Waals surface area contributed by atoms with E-state index < -0.39 is 0 Å². The van der Waals surface area contributed by atoms with Crippen LogP contribution in [0.3, 0.4) is 0 Å². The van der Waals surface area contributed by atoms with Gasteiger partial charge in [0.05, 0.1) is 6.26 Å². The molecule has 2 unspecified atom stereocenters. The number of carbonyl (C=O) groups excluding carboxylic acids is 1. The molecular formula is C20H35IN4O2S. The van der Waals surface area contributed by atoms with Crippen molar-refractivity contribution in [3.8, 4) is 0 Å². The topological polar surface area (TPSA) is 78.7 Å². The van der Waals surface area contributed by atoms with Gasteiger partial charge in [-0.2, -0.15) is 11.8 Å². The number of carbonyl (C=O) groups is 1. The van der Waals surface area contributed by atoms with Crippen molar-refractivity contribution in [2.24, 2.45) is 4.99 Å². The molecule has 1 amide bonds. The Morgan fingerprint density at radius 3 is 2.82 bits per heavy atom. The van der Waals surface area contributed by atoms with E-state index in [1.165, 1.54) is 37.7 Å². The monoisotopic (exact) mass is 522 g/mol.